The summed E-state index contributed by atoms with van der Waals surface area (Å²) in [4.78, 5) is 16.9. The van der Waals surface area contributed by atoms with Crippen molar-refractivity contribution < 1.29 is 13.9 Å². The number of ether oxygens (including phenoxy) is 1. The number of nitrogens with one attached hydrogen (secondary N) is 1. The minimum absolute atomic E-state index is 0.430. The lowest BCUT2D eigenvalue weighted by Gasteiger charge is -2.15. The topological polar surface area (TPSA) is 64.4 Å². The van der Waals surface area contributed by atoms with E-state index >= 15 is 0 Å². The third-order valence-corrected chi connectivity index (χ3v) is 5.30. The van der Waals surface area contributed by atoms with Crippen molar-refractivity contribution in [3.63, 3.8) is 0 Å². The molecule has 0 saturated heterocycles. The van der Waals surface area contributed by atoms with Gasteiger partial charge >= 0.3 is 6.09 Å². The van der Waals surface area contributed by atoms with Crippen molar-refractivity contribution in [2.45, 2.75) is 13.0 Å². The molecule has 1 N–H and O–H groups in total. The van der Waals surface area contributed by atoms with Crippen LogP contribution in [0.4, 0.5) is 10.5 Å². The van der Waals surface area contributed by atoms with Crippen LogP contribution in [0.5, 0.6) is 0 Å². The maximum absolute atomic E-state index is 12.6. The molecule has 4 rings (SSSR count). The number of furan rings is 1. The van der Waals surface area contributed by atoms with Crippen LogP contribution in [-0.2, 0) is 4.74 Å². The van der Waals surface area contributed by atoms with Gasteiger partial charge in [0, 0.05) is 26.8 Å². The number of hydrogen-bond donors (Lipinski definition) is 1. The van der Waals surface area contributed by atoms with E-state index in [2.05, 4.69) is 26.2 Å². The zero-order valence-corrected chi connectivity index (χ0v) is 17.7. The lowest BCUT2D eigenvalue weighted by atomic mass is 10.1. The second kappa shape index (κ2) is 8.27. The van der Waals surface area contributed by atoms with Gasteiger partial charge in [-0.2, -0.15) is 0 Å². The molecule has 0 spiro atoms. The second-order valence-corrected chi connectivity index (χ2v) is 7.69. The predicted octanol–water partition coefficient (Wildman–Crippen LogP) is 7.22. The van der Waals surface area contributed by atoms with Gasteiger partial charge in [-0.15, -0.1) is 0 Å². The lowest BCUT2D eigenvalue weighted by Crippen LogP contribution is -2.16. The smallest absolute Gasteiger partial charge is 0.412 e. The van der Waals surface area contributed by atoms with Crippen LogP contribution in [0, 0.1) is 0 Å². The van der Waals surface area contributed by atoms with Gasteiger partial charge in [-0.3, -0.25) is 5.32 Å². The highest BCUT2D eigenvalue weighted by atomic mass is 79.9. The summed E-state index contributed by atoms with van der Waals surface area (Å²) < 4.78 is 12.4. The van der Waals surface area contributed by atoms with Crippen molar-refractivity contribution in [1.29, 1.82) is 0 Å². The first-order valence-corrected chi connectivity index (χ1v) is 10.1. The Labute approximate surface area is 180 Å². The first-order chi connectivity index (χ1) is 14.0. The minimum Gasteiger partial charge on any atom is -0.441 e. The first-order valence-electron chi connectivity index (χ1n) is 8.88. The molecule has 29 heavy (non-hydrogen) atoms. The number of carbonyl (C=O) groups is 1. The molecule has 0 radical (unpaired) electrons. The Kier molecular flexibility index (Phi) is 5.56. The van der Waals surface area contributed by atoms with Crippen LogP contribution in [0.1, 0.15) is 18.6 Å². The normalized spacial score (nSPS) is 12.0. The van der Waals surface area contributed by atoms with Gasteiger partial charge in [0.2, 0.25) is 5.71 Å². The van der Waals surface area contributed by atoms with Crippen molar-refractivity contribution in [3.8, 4) is 11.3 Å². The molecule has 0 aliphatic heterocycles. The number of fused-ring (bicyclic) bond motifs is 1. The molecule has 0 aliphatic rings. The maximum Gasteiger partial charge on any atom is 0.412 e. The summed E-state index contributed by atoms with van der Waals surface area (Å²) in [6.45, 7) is 1.77. The molecule has 0 saturated carbocycles. The van der Waals surface area contributed by atoms with Crippen LogP contribution in [0.25, 0.3) is 22.4 Å². The highest BCUT2D eigenvalue weighted by molar-refractivity contribution is 9.10. The van der Waals surface area contributed by atoms with E-state index in [1.54, 1.807) is 25.3 Å². The lowest BCUT2D eigenvalue weighted by molar-refractivity contribution is 0.121. The number of hydrogen-bond acceptors (Lipinski definition) is 4. The Bertz CT molecular complexity index is 1170. The van der Waals surface area contributed by atoms with Gasteiger partial charge in [-0.25, -0.2) is 9.78 Å². The number of nitrogens with zero attached hydrogens (tertiary/aromatic N) is 1. The van der Waals surface area contributed by atoms with Crippen molar-refractivity contribution >= 4 is 50.4 Å². The molecule has 2 aromatic heterocycles. The summed E-state index contributed by atoms with van der Waals surface area (Å²) >= 11 is 9.63. The molecule has 1 atom stereocenters. The van der Waals surface area contributed by atoms with Crippen LogP contribution >= 0.6 is 27.5 Å². The van der Waals surface area contributed by atoms with Crippen LogP contribution in [0.2, 0.25) is 5.02 Å². The number of pyridine rings is 1. The number of amides is 1. The number of benzene rings is 2. The predicted molar refractivity (Wildman–Crippen MR) is 117 cm³/mol. The summed E-state index contributed by atoms with van der Waals surface area (Å²) in [5, 5.41) is 4.05. The number of aromatic nitrogens is 1. The summed E-state index contributed by atoms with van der Waals surface area (Å²) in [5.74, 6) is 0.508. The molecule has 2 heterocycles. The van der Waals surface area contributed by atoms with Crippen LogP contribution in [-0.4, -0.2) is 11.1 Å². The zero-order valence-electron chi connectivity index (χ0n) is 15.4. The fourth-order valence-corrected chi connectivity index (χ4v) is 3.58. The van der Waals surface area contributed by atoms with E-state index in [-0.39, 0.29) is 0 Å². The molecular weight excluding hydrogens is 456 g/mol. The third kappa shape index (κ3) is 4.13. The van der Waals surface area contributed by atoms with Gasteiger partial charge < -0.3 is 9.15 Å². The molecule has 4 aromatic rings. The number of anilines is 1. The van der Waals surface area contributed by atoms with Crippen molar-refractivity contribution in [2.24, 2.45) is 0 Å². The molecule has 5 nitrogen and oxygen atoms in total. The number of halogens is 2. The molecule has 1 unspecified atom stereocenters. The van der Waals surface area contributed by atoms with Gasteiger partial charge in [-0.1, -0.05) is 57.9 Å². The van der Waals surface area contributed by atoms with Gasteiger partial charge in [0.1, 0.15) is 11.8 Å². The van der Waals surface area contributed by atoms with Gasteiger partial charge in [0.05, 0.1) is 5.39 Å². The molecular formula is C22H16BrClN2O3. The first kappa shape index (κ1) is 19.5. The van der Waals surface area contributed by atoms with E-state index in [0.717, 1.165) is 15.6 Å². The molecule has 2 aromatic carbocycles. The van der Waals surface area contributed by atoms with E-state index < -0.39 is 12.2 Å². The molecule has 146 valence electrons. The van der Waals surface area contributed by atoms with Crippen LogP contribution in [0.15, 0.2) is 75.8 Å². The van der Waals surface area contributed by atoms with Gasteiger partial charge in [0.15, 0.2) is 5.76 Å². The SMILES string of the molecule is CC(OC(=O)Nc1c(-c2ccc(Br)cc2)oc2ncccc12)c1ccccc1Cl. The monoisotopic (exact) mass is 470 g/mol. The largest absolute Gasteiger partial charge is 0.441 e. The highest BCUT2D eigenvalue weighted by Gasteiger charge is 2.21. The fourth-order valence-electron chi connectivity index (χ4n) is 3.02. The molecule has 0 aliphatic carbocycles. The molecule has 0 fully saturated rings. The van der Waals surface area contributed by atoms with E-state index in [1.807, 2.05) is 48.5 Å². The number of rotatable bonds is 4. The Balaban J connectivity index is 1.64. The van der Waals surface area contributed by atoms with E-state index in [9.17, 15) is 4.79 Å². The Hall–Kier alpha value is -2.83. The van der Waals surface area contributed by atoms with E-state index in [4.69, 9.17) is 20.8 Å². The summed E-state index contributed by atoms with van der Waals surface area (Å²) in [5.41, 5.74) is 2.48. The van der Waals surface area contributed by atoms with Crippen molar-refractivity contribution in [2.75, 3.05) is 5.32 Å². The average Bonchev–Trinajstić information content (AvgIpc) is 3.07. The highest BCUT2D eigenvalue weighted by Crippen LogP contribution is 2.38. The second-order valence-electron chi connectivity index (χ2n) is 6.36. The van der Waals surface area contributed by atoms with Crippen LogP contribution < -0.4 is 5.32 Å². The molecule has 1 amide bonds. The molecule has 0 bridgehead atoms. The van der Waals surface area contributed by atoms with Gasteiger partial charge in [-0.05, 0) is 37.3 Å². The number of carbonyl (C=O) groups excluding carboxylic acids is 1. The zero-order chi connectivity index (χ0) is 20.4. The van der Waals surface area contributed by atoms with Crippen molar-refractivity contribution in [3.05, 3.63) is 81.9 Å². The Morgan fingerprint density at radius 1 is 1.14 bits per heavy atom. The maximum atomic E-state index is 12.6. The molecule has 7 heteroatoms. The summed E-state index contributed by atoms with van der Waals surface area (Å²) in [6, 6.07) is 18.5. The van der Waals surface area contributed by atoms with E-state index in [1.165, 1.54) is 0 Å². The third-order valence-electron chi connectivity index (χ3n) is 4.43. The van der Waals surface area contributed by atoms with Crippen LogP contribution in [0.3, 0.4) is 0 Å². The fraction of sp³-hybridized carbons (Fsp3) is 0.0909. The Morgan fingerprint density at radius 2 is 1.90 bits per heavy atom. The van der Waals surface area contributed by atoms with Gasteiger partial charge in [0.25, 0.3) is 0 Å². The summed E-state index contributed by atoms with van der Waals surface area (Å²) in [7, 11) is 0. The minimum atomic E-state index is -0.609. The van der Waals surface area contributed by atoms with E-state index in [0.29, 0.717) is 27.6 Å². The summed E-state index contributed by atoms with van der Waals surface area (Å²) in [6.07, 6.45) is 0.511. The Morgan fingerprint density at radius 3 is 2.66 bits per heavy atom. The average molecular weight is 472 g/mol. The van der Waals surface area contributed by atoms with Crippen molar-refractivity contribution in [1.82, 2.24) is 4.98 Å². The quantitative estimate of drug-likeness (QED) is 0.341. The standard InChI is InChI=1S/C22H16BrClN2O3/c1-13(16-5-2-3-7-18(16)24)28-22(27)26-19-17-6-4-12-25-21(17)29-20(19)14-8-10-15(23)11-9-14/h2-13H,1H3,(H,26,27).